The molecule has 2 aromatic rings. The molecule has 0 aliphatic heterocycles. The molecular formula is C18H16N2O2. The molecule has 0 saturated carbocycles. The highest BCUT2D eigenvalue weighted by Gasteiger charge is 2.42. The summed E-state index contributed by atoms with van der Waals surface area (Å²) in [5, 5.41) is 11.7. The molecule has 0 aromatic heterocycles. The lowest BCUT2D eigenvalue weighted by Crippen LogP contribution is -2.33. The Morgan fingerprint density at radius 3 is 2.27 bits per heavy atom. The maximum absolute atomic E-state index is 11.7. The zero-order valence-corrected chi connectivity index (χ0v) is 12.0. The maximum atomic E-state index is 11.7. The van der Waals surface area contributed by atoms with Crippen molar-refractivity contribution in [3.05, 3.63) is 94.1 Å². The molecule has 0 heterocycles. The van der Waals surface area contributed by atoms with E-state index in [2.05, 4.69) is 0 Å². The average Bonchev–Trinajstić information content (AvgIpc) is 2.56. The molecule has 0 spiro atoms. The molecule has 0 amide bonds. The summed E-state index contributed by atoms with van der Waals surface area (Å²) >= 11 is 0. The molecule has 2 aromatic carbocycles. The smallest absolute Gasteiger partial charge is 0.269 e. The van der Waals surface area contributed by atoms with Crippen molar-refractivity contribution in [1.82, 2.24) is 0 Å². The quantitative estimate of drug-likeness (QED) is 0.531. The summed E-state index contributed by atoms with van der Waals surface area (Å²) in [6.07, 6.45) is 5.76. The monoisotopic (exact) mass is 292 g/mol. The fourth-order valence-electron chi connectivity index (χ4n) is 2.70. The molecule has 1 aliphatic carbocycles. The van der Waals surface area contributed by atoms with Crippen molar-refractivity contribution in [2.75, 3.05) is 5.73 Å². The Hall–Kier alpha value is -2.88. The van der Waals surface area contributed by atoms with Crippen LogP contribution >= 0.6 is 0 Å². The topological polar surface area (TPSA) is 69.2 Å². The van der Waals surface area contributed by atoms with Crippen LogP contribution in [0.1, 0.15) is 17.5 Å². The molecule has 3 rings (SSSR count). The van der Waals surface area contributed by atoms with Crippen molar-refractivity contribution in [3.63, 3.8) is 0 Å². The van der Waals surface area contributed by atoms with Gasteiger partial charge in [0.2, 0.25) is 0 Å². The number of anilines is 1. The van der Waals surface area contributed by atoms with Crippen molar-refractivity contribution in [3.8, 4) is 0 Å². The molecule has 110 valence electrons. The highest BCUT2D eigenvalue weighted by molar-refractivity contribution is 5.76. The SMILES string of the molecule is Nc1ccc(C2=CCC(c3ccccc3)([N+](=O)[O-])C=C2)cc1. The van der Waals surface area contributed by atoms with Crippen LogP contribution in [-0.2, 0) is 5.54 Å². The van der Waals surface area contributed by atoms with Gasteiger partial charge in [0.25, 0.3) is 5.54 Å². The predicted octanol–water partition coefficient (Wildman–Crippen LogP) is 3.78. The van der Waals surface area contributed by atoms with Crippen LogP contribution in [-0.4, -0.2) is 4.92 Å². The lowest BCUT2D eigenvalue weighted by Gasteiger charge is -2.24. The first-order valence-electron chi connectivity index (χ1n) is 7.07. The molecule has 4 heteroatoms. The second-order valence-corrected chi connectivity index (χ2v) is 5.37. The van der Waals surface area contributed by atoms with Crippen molar-refractivity contribution in [1.29, 1.82) is 0 Å². The van der Waals surface area contributed by atoms with Crippen molar-refractivity contribution in [2.24, 2.45) is 0 Å². The van der Waals surface area contributed by atoms with E-state index >= 15 is 0 Å². The summed E-state index contributed by atoms with van der Waals surface area (Å²) in [6, 6.07) is 16.6. The van der Waals surface area contributed by atoms with E-state index in [4.69, 9.17) is 5.73 Å². The van der Waals surface area contributed by atoms with Gasteiger partial charge in [-0.2, -0.15) is 0 Å². The summed E-state index contributed by atoms with van der Waals surface area (Å²) in [5.41, 5.74) is 7.90. The minimum Gasteiger partial charge on any atom is -0.399 e. The number of nitrogens with two attached hydrogens (primary N) is 1. The van der Waals surface area contributed by atoms with Gasteiger partial charge in [-0.3, -0.25) is 10.1 Å². The number of nitrogen functional groups attached to an aromatic ring is 1. The summed E-state index contributed by atoms with van der Waals surface area (Å²) < 4.78 is 0. The maximum Gasteiger partial charge on any atom is 0.269 e. The predicted molar refractivity (Wildman–Crippen MR) is 87.7 cm³/mol. The number of hydrogen-bond donors (Lipinski definition) is 1. The Kier molecular flexibility index (Phi) is 3.51. The van der Waals surface area contributed by atoms with Crippen LogP contribution < -0.4 is 5.73 Å². The second kappa shape index (κ2) is 5.48. The lowest BCUT2D eigenvalue weighted by atomic mass is 9.82. The molecule has 0 fully saturated rings. The van der Waals surface area contributed by atoms with Crippen LogP contribution in [0, 0.1) is 10.1 Å². The van der Waals surface area contributed by atoms with E-state index in [1.54, 1.807) is 18.2 Å². The van der Waals surface area contributed by atoms with Gasteiger partial charge in [0.1, 0.15) is 0 Å². The van der Waals surface area contributed by atoms with Gasteiger partial charge in [-0.25, -0.2) is 0 Å². The molecule has 0 bridgehead atoms. The number of allylic oxidation sites excluding steroid dienone is 2. The minimum atomic E-state index is -1.18. The van der Waals surface area contributed by atoms with E-state index < -0.39 is 5.54 Å². The Balaban J connectivity index is 1.95. The standard InChI is InChI=1S/C18H16N2O2/c19-17-8-6-14(7-9-17)15-10-12-18(13-11-15,20(21)22)16-4-2-1-3-5-16/h1-12H,13,19H2. The van der Waals surface area contributed by atoms with Gasteiger partial charge in [-0.05, 0) is 29.3 Å². The fourth-order valence-corrected chi connectivity index (χ4v) is 2.70. The molecule has 1 atom stereocenters. The summed E-state index contributed by atoms with van der Waals surface area (Å²) in [7, 11) is 0. The third-order valence-corrected chi connectivity index (χ3v) is 4.02. The Morgan fingerprint density at radius 1 is 1.05 bits per heavy atom. The Morgan fingerprint density at radius 2 is 1.73 bits per heavy atom. The highest BCUT2D eigenvalue weighted by atomic mass is 16.6. The average molecular weight is 292 g/mol. The lowest BCUT2D eigenvalue weighted by molar-refractivity contribution is -0.563. The first-order chi connectivity index (χ1) is 10.6. The third kappa shape index (κ3) is 2.39. The van der Waals surface area contributed by atoms with Crippen LogP contribution in [0.2, 0.25) is 0 Å². The van der Waals surface area contributed by atoms with Crippen molar-refractivity contribution in [2.45, 2.75) is 12.0 Å². The van der Waals surface area contributed by atoms with Gasteiger partial charge in [0.15, 0.2) is 0 Å². The Labute approximate surface area is 128 Å². The van der Waals surface area contributed by atoms with Crippen molar-refractivity contribution < 1.29 is 4.92 Å². The number of rotatable bonds is 3. The highest BCUT2D eigenvalue weighted by Crippen LogP contribution is 2.36. The van der Waals surface area contributed by atoms with Crippen LogP contribution in [0.3, 0.4) is 0 Å². The van der Waals surface area contributed by atoms with Gasteiger partial charge in [-0.15, -0.1) is 0 Å². The second-order valence-electron chi connectivity index (χ2n) is 5.37. The number of hydrogen-bond acceptors (Lipinski definition) is 3. The first kappa shape index (κ1) is 14.1. The van der Waals surface area contributed by atoms with E-state index in [-0.39, 0.29) is 4.92 Å². The van der Waals surface area contributed by atoms with Crippen LogP contribution in [0.15, 0.2) is 72.8 Å². The van der Waals surface area contributed by atoms with Gasteiger partial charge in [0, 0.05) is 22.6 Å². The van der Waals surface area contributed by atoms with Gasteiger partial charge >= 0.3 is 0 Å². The molecule has 0 saturated heterocycles. The first-order valence-corrected chi connectivity index (χ1v) is 7.07. The summed E-state index contributed by atoms with van der Waals surface area (Å²) in [5.74, 6) is 0. The molecule has 1 unspecified atom stereocenters. The molecule has 0 radical (unpaired) electrons. The zero-order chi connectivity index (χ0) is 15.6. The van der Waals surface area contributed by atoms with E-state index in [1.165, 1.54) is 0 Å². The van der Waals surface area contributed by atoms with Crippen LogP contribution in [0.4, 0.5) is 5.69 Å². The van der Waals surface area contributed by atoms with Crippen LogP contribution in [0.5, 0.6) is 0 Å². The van der Waals surface area contributed by atoms with Gasteiger partial charge in [-0.1, -0.05) is 54.6 Å². The molecule has 22 heavy (non-hydrogen) atoms. The largest absolute Gasteiger partial charge is 0.399 e. The summed E-state index contributed by atoms with van der Waals surface area (Å²) in [6.45, 7) is 0. The normalized spacial score (nSPS) is 20.5. The van der Waals surface area contributed by atoms with E-state index in [9.17, 15) is 10.1 Å². The molecular weight excluding hydrogens is 276 g/mol. The van der Waals surface area contributed by atoms with Crippen LogP contribution in [0.25, 0.3) is 5.57 Å². The minimum absolute atomic E-state index is 0.213. The van der Waals surface area contributed by atoms with E-state index in [0.29, 0.717) is 17.7 Å². The molecule has 2 N–H and O–H groups in total. The number of nitro groups is 1. The van der Waals surface area contributed by atoms with E-state index in [1.807, 2.05) is 54.6 Å². The Bertz CT molecular complexity index is 748. The molecule has 1 aliphatic rings. The fraction of sp³-hybridized carbons (Fsp3) is 0.111. The number of nitrogens with zero attached hydrogens (tertiary/aromatic N) is 1. The molecule has 4 nitrogen and oxygen atoms in total. The third-order valence-electron chi connectivity index (χ3n) is 4.02. The van der Waals surface area contributed by atoms with E-state index in [0.717, 1.165) is 11.1 Å². The number of benzene rings is 2. The van der Waals surface area contributed by atoms with Gasteiger partial charge in [0.05, 0.1) is 0 Å². The van der Waals surface area contributed by atoms with Gasteiger partial charge < -0.3 is 5.73 Å². The summed E-state index contributed by atoms with van der Waals surface area (Å²) in [4.78, 5) is 11.5. The van der Waals surface area contributed by atoms with Crippen molar-refractivity contribution >= 4 is 11.3 Å². The zero-order valence-electron chi connectivity index (χ0n) is 12.0.